The van der Waals surface area contributed by atoms with Crippen molar-refractivity contribution in [3.05, 3.63) is 46.1 Å². The molecule has 4 rings (SSSR count). The number of methoxy groups -OCH3 is 1. The van der Waals surface area contributed by atoms with Crippen molar-refractivity contribution in [2.45, 2.75) is 13.0 Å². The number of aromatic hydroxyl groups is 1. The number of hydrogen-bond acceptors (Lipinski definition) is 5. The molecule has 0 atom stereocenters. The molecule has 0 saturated heterocycles. The van der Waals surface area contributed by atoms with E-state index in [1.54, 1.807) is 24.8 Å². The van der Waals surface area contributed by atoms with Crippen LogP contribution >= 0.6 is 0 Å². The van der Waals surface area contributed by atoms with Crippen molar-refractivity contribution >= 4 is 16.6 Å². The fourth-order valence-electron chi connectivity index (χ4n) is 4.05. The fourth-order valence-corrected chi connectivity index (χ4v) is 4.05. The van der Waals surface area contributed by atoms with Crippen molar-refractivity contribution in [3.8, 4) is 22.8 Å². The third-order valence-corrected chi connectivity index (χ3v) is 5.35. The highest BCUT2D eigenvalue weighted by Gasteiger charge is 2.27. The minimum absolute atomic E-state index is 0.000136. The van der Waals surface area contributed by atoms with Crippen LogP contribution in [0.1, 0.15) is 11.1 Å². The molecule has 1 N–H and O–H groups in total. The summed E-state index contributed by atoms with van der Waals surface area (Å²) in [5.41, 5.74) is 4.29. The number of aryl methyl sites for hydroxylation is 1. The summed E-state index contributed by atoms with van der Waals surface area (Å²) >= 11 is 0. The van der Waals surface area contributed by atoms with Crippen molar-refractivity contribution in [2.24, 2.45) is 12.2 Å². The largest absolute Gasteiger partial charge is 0.496 e. The smallest absolute Gasteiger partial charge is 0.222 e. The highest BCUT2D eigenvalue weighted by Crippen LogP contribution is 2.46. The van der Waals surface area contributed by atoms with Crippen molar-refractivity contribution in [2.75, 3.05) is 20.7 Å². The normalized spacial score (nSPS) is 14.4. The van der Waals surface area contributed by atoms with E-state index in [2.05, 4.69) is 10.1 Å². The number of nitrogens with zero attached hydrogens (tertiary/aromatic N) is 3. The van der Waals surface area contributed by atoms with Crippen molar-refractivity contribution < 1.29 is 14.2 Å². The van der Waals surface area contributed by atoms with Crippen molar-refractivity contribution in [1.82, 2.24) is 9.47 Å². The summed E-state index contributed by atoms with van der Waals surface area (Å²) in [6.45, 7) is 1.52. The zero-order chi connectivity index (χ0) is 19.3. The van der Waals surface area contributed by atoms with E-state index in [1.165, 1.54) is 12.1 Å². The van der Waals surface area contributed by atoms with Gasteiger partial charge >= 0.3 is 0 Å². The molecule has 0 fully saturated rings. The lowest BCUT2D eigenvalue weighted by atomic mass is 9.88. The zero-order valence-electron chi connectivity index (χ0n) is 15.4. The highest BCUT2D eigenvalue weighted by atomic mass is 19.1. The average Bonchev–Trinajstić information content (AvgIpc) is 2.91. The molecule has 27 heavy (non-hydrogen) atoms. The topological polar surface area (TPSA) is 67.1 Å². The summed E-state index contributed by atoms with van der Waals surface area (Å²) in [6, 6.07) is 6.20. The Bertz CT molecular complexity index is 1070. The van der Waals surface area contributed by atoms with Gasteiger partial charge in [0.05, 0.1) is 12.6 Å². The second-order valence-electron chi connectivity index (χ2n) is 6.93. The van der Waals surface area contributed by atoms with Crippen LogP contribution < -0.4 is 4.74 Å². The number of benzene rings is 2. The number of aromatic nitrogens is 1. The van der Waals surface area contributed by atoms with Gasteiger partial charge in [-0.25, -0.2) is 4.39 Å². The molecular weight excluding hydrogens is 349 g/mol. The molecule has 0 amide bonds. The number of halogens is 1. The van der Waals surface area contributed by atoms with Crippen LogP contribution in [0.25, 0.3) is 22.0 Å². The lowest BCUT2D eigenvalue weighted by Gasteiger charge is -2.28. The molecule has 2 heterocycles. The summed E-state index contributed by atoms with van der Waals surface area (Å²) in [5, 5.41) is 14.0. The van der Waals surface area contributed by atoms with Crippen LogP contribution in [-0.2, 0) is 20.0 Å². The predicted octanol–water partition coefficient (Wildman–Crippen LogP) is 4.08. The molecule has 140 valence electrons. The number of likely N-dealkylation sites (N-methyl/N-ethyl adjacent to an activating group) is 1. The minimum Gasteiger partial charge on any atom is -0.496 e. The van der Waals surface area contributed by atoms with Gasteiger partial charge in [-0.3, -0.25) is 0 Å². The van der Waals surface area contributed by atoms with E-state index in [0.717, 1.165) is 35.2 Å². The molecule has 1 aliphatic rings. The Morgan fingerprint density at radius 3 is 2.67 bits per heavy atom. The predicted molar refractivity (Wildman–Crippen MR) is 102 cm³/mol. The lowest BCUT2D eigenvalue weighted by molar-refractivity contribution is 0.314. The molecule has 6 nitrogen and oxygen atoms in total. The second kappa shape index (κ2) is 6.35. The van der Waals surface area contributed by atoms with Crippen LogP contribution in [0.3, 0.4) is 0 Å². The maximum absolute atomic E-state index is 14.0. The quantitative estimate of drug-likeness (QED) is 0.707. The molecule has 3 aromatic rings. The van der Waals surface area contributed by atoms with E-state index >= 15 is 0 Å². The van der Waals surface area contributed by atoms with Crippen LogP contribution in [0, 0.1) is 10.7 Å². The van der Waals surface area contributed by atoms with Gasteiger partial charge in [0.25, 0.3) is 0 Å². The Hall–Kier alpha value is -2.93. The van der Waals surface area contributed by atoms with E-state index < -0.39 is 0 Å². The Kier molecular flexibility index (Phi) is 4.11. The SMILES string of the molecule is COc1ccc(F)cc1-c1cc2c(N=O)c(O)n(C)c2c2c1CCN(C)C2. The maximum Gasteiger partial charge on any atom is 0.222 e. The summed E-state index contributed by atoms with van der Waals surface area (Å²) in [7, 11) is 5.28. The lowest BCUT2D eigenvalue weighted by Crippen LogP contribution is -2.27. The minimum atomic E-state index is -0.364. The monoisotopic (exact) mass is 369 g/mol. The first-order valence-electron chi connectivity index (χ1n) is 8.68. The van der Waals surface area contributed by atoms with Crippen LogP contribution in [-0.4, -0.2) is 35.3 Å². The first kappa shape index (κ1) is 17.5. The average molecular weight is 369 g/mol. The van der Waals surface area contributed by atoms with Crippen molar-refractivity contribution in [3.63, 3.8) is 0 Å². The third kappa shape index (κ3) is 2.57. The molecule has 0 saturated carbocycles. The van der Waals surface area contributed by atoms with Gasteiger partial charge in [0.15, 0.2) is 5.69 Å². The van der Waals surface area contributed by atoms with E-state index in [9.17, 15) is 14.4 Å². The summed E-state index contributed by atoms with van der Waals surface area (Å²) < 4.78 is 21.1. The molecule has 2 aromatic carbocycles. The van der Waals surface area contributed by atoms with Crippen LogP contribution in [0.5, 0.6) is 11.6 Å². The standard InChI is InChI=1S/C20H20FN3O3/c1-23-7-6-12-13(14-8-11(21)4-5-17(14)27-3)9-15-18(22-26)20(25)24(2)19(15)16(12)10-23/h4-5,8-9,25H,6-7,10H2,1-3H3. The summed E-state index contributed by atoms with van der Waals surface area (Å²) in [5.74, 6) is 0.0219. The fraction of sp³-hybridized carbons (Fsp3) is 0.300. The van der Waals surface area contributed by atoms with E-state index in [1.807, 2.05) is 13.1 Å². The Morgan fingerprint density at radius 1 is 1.19 bits per heavy atom. The number of rotatable bonds is 3. The number of hydrogen-bond donors (Lipinski definition) is 1. The molecule has 1 aliphatic heterocycles. The molecule has 7 heteroatoms. The number of nitroso groups, excluding NO2 is 1. The molecule has 0 unspecified atom stereocenters. The zero-order valence-corrected chi connectivity index (χ0v) is 15.4. The van der Waals surface area contributed by atoms with Gasteiger partial charge in [0.2, 0.25) is 5.88 Å². The molecule has 1 aromatic heterocycles. The van der Waals surface area contributed by atoms with E-state index in [-0.39, 0.29) is 17.4 Å². The maximum atomic E-state index is 14.0. The molecule has 0 bridgehead atoms. The molecular formula is C20H20FN3O3. The van der Waals surface area contributed by atoms with Crippen molar-refractivity contribution in [1.29, 1.82) is 0 Å². The van der Waals surface area contributed by atoms with Gasteiger partial charge in [-0.2, -0.15) is 0 Å². The van der Waals surface area contributed by atoms with E-state index in [0.29, 0.717) is 23.2 Å². The van der Waals surface area contributed by atoms with Gasteiger partial charge < -0.3 is 19.3 Å². The molecule has 0 radical (unpaired) electrons. The van der Waals surface area contributed by atoms with E-state index in [4.69, 9.17) is 4.74 Å². The molecule has 0 spiro atoms. The van der Waals surface area contributed by atoms with Gasteiger partial charge in [-0.05, 0) is 59.6 Å². The highest BCUT2D eigenvalue weighted by molar-refractivity contribution is 6.01. The Morgan fingerprint density at radius 2 is 1.96 bits per heavy atom. The van der Waals surface area contributed by atoms with Crippen LogP contribution in [0.15, 0.2) is 29.4 Å². The Labute approximate surface area is 155 Å². The van der Waals surface area contributed by atoms with Gasteiger partial charge in [-0.1, -0.05) is 0 Å². The third-order valence-electron chi connectivity index (χ3n) is 5.35. The van der Waals surface area contributed by atoms with Gasteiger partial charge in [-0.15, -0.1) is 4.91 Å². The van der Waals surface area contributed by atoms with Gasteiger partial charge in [0.1, 0.15) is 11.6 Å². The number of fused-ring (bicyclic) bond motifs is 3. The summed E-state index contributed by atoms with van der Waals surface area (Å²) in [6.07, 6.45) is 0.770. The first-order valence-corrected chi connectivity index (χ1v) is 8.68. The first-order chi connectivity index (χ1) is 13.0. The Balaban J connectivity index is 2.14. The van der Waals surface area contributed by atoms with Crippen LogP contribution in [0.2, 0.25) is 0 Å². The second-order valence-corrected chi connectivity index (χ2v) is 6.93. The van der Waals surface area contributed by atoms with Gasteiger partial charge in [0, 0.05) is 31.1 Å². The summed E-state index contributed by atoms with van der Waals surface area (Å²) in [4.78, 5) is 13.6. The number of ether oxygens (including phenoxy) is 1. The van der Waals surface area contributed by atoms with Crippen LogP contribution in [0.4, 0.5) is 10.1 Å². The molecule has 0 aliphatic carbocycles.